The summed E-state index contributed by atoms with van der Waals surface area (Å²) in [7, 11) is 0. The van der Waals surface area contributed by atoms with E-state index in [4.69, 9.17) is 23.5 Å². The third kappa shape index (κ3) is 2.54. The summed E-state index contributed by atoms with van der Waals surface area (Å²) in [6.07, 6.45) is -4.63. The normalized spacial score (nSPS) is 11.3. The van der Waals surface area contributed by atoms with Gasteiger partial charge in [-0.05, 0) is 12.1 Å². The molecule has 0 aliphatic rings. The molecule has 0 aliphatic carbocycles. The minimum Gasteiger partial charge on any atom is -0.343 e. The van der Waals surface area contributed by atoms with Crippen molar-refractivity contribution in [3.05, 3.63) is 34.3 Å². The summed E-state index contributed by atoms with van der Waals surface area (Å²) in [5.74, 6) is -1.13. The van der Waals surface area contributed by atoms with Crippen LogP contribution in [0.4, 0.5) is 13.2 Å². The summed E-state index contributed by atoms with van der Waals surface area (Å²) in [6.45, 7) is 0. The van der Waals surface area contributed by atoms with Crippen molar-refractivity contribution in [3.8, 4) is 0 Å². The molecule has 7 heteroatoms. The van der Waals surface area contributed by atoms with Crippen molar-refractivity contribution < 1.29 is 22.3 Å². The van der Waals surface area contributed by atoms with Crippen molar-refractivity contribution in [2.75, 3.05) is 0 Å². The van der Waals surface area contributed by atoms with Gasteiger partial charge in [0.2, 0.25) is 0 Å². The molecule has 1 rings (SSSR count). The molecule has 0 atom stereocenters. The fraction of sp³-hybridized carbons (Fsp3) is 0.125. The monoisotopic (exact) mass is 258 g/mol. The first-order valence-electron chi connectivity index (χ1n) is 3.56. The Labute approximate surface area is 92.7 Å². The van der Waals surface area contributed by atoms with E-state index in [1.54, 1.807) is 0 Å². The first kappa shape index (κ1) is 12.1. The van der Waals surface area contributed by atoms with Crippen LogP contribution in [0.5, 0.6) is 0 Å². The fourth-order valence-corrected chi connectivity index (χ4v) is 1.34. The molecule has 0 aromatic heterocycles. The molecule has 0 radical (unpaired) electrons. The van der Waals surface area contributed by atoms with E-state index in [2.05, 4.69) is 4.29 Å². The average molecular weight is 259 g/mol. The highest BCUT2D eigenvalue weighted by atomic mass is 35.5. The van der Waals surface area contributed by atoms with E-state index in [9.17, 15) is 18.0 Å². The van der Waals surface area contributed by atoms with E-state index >= 15 is 0 Å². The zero-order valence-electron chi connectivity index (χ0n) is 6.94. The molecule has 0 saturated heterocycles. The molecule has 0 saturated carbocycles. The second-order valence-electron chi connectivity index (χ2n) is 2.53. The van der Waals surface area contributed by atoms with Crippen LogP contribution in [0.25, 0.3) is 0 Å². The summed E-state index contributed by atoms with van der Waals surface area (Å²) in [5, 5.41) is -0.726. The third-order valence-corrected chi connectivity index (χ3v) is 2.14. The van der Waals surface area contributed by atoms with Gasteiger partial charge >= 0.3 is 12.1 Å². The molecule has 0 fully saturated rings. The highest BCUT2D eigenvalue weighted by Gasteiger charge is 2.34. The smallest absolute Gasteiger partial charge is 0.343 e. The molecule has 0 spiro atoms. The highest BCUT2D eigenvalue weighted by molar-refractivity contribution is 6.35. The van der Waals surface area contributed by atoms with Gasteiger partial charge in [-0.1, -0.05) is 17.7 Å². The van der Waals surface area contributed by atoms with Gasteiger partial charge in [-0.25, -0.2) is 4.79 Å². The molecule has 0 heterocycles. The molecule has 82 valence electrons. The fourth-order valence-electron chi connectivity index (χ4n) is 0.950. The topological polar surface area (TPSA) is 26.3 Å². The van der Waals surface area contributed by atoms with Gasteiger partial charge in [-0.2, -0.15) is 13.2 Å². The number of alkyl halides is 3. The Balaban J connectivity index is 3.30. The number of halogens is 5. The number of hydrogen-bond donors (Lipinski definition) is 0. The lowest BCUT2D eigenvalue weighted by Crippen LogP contribution is -2.09. The molecule has 0 amide bonds. The maximum absolute atomic E-state index is 12.3. The predicted octanol–water partition coefficient (Wildman–Crippen LogP) is 3.67. The molecular weight excluding hydrogens is 256 g/mol. The second-order valence-corrected chi connectivity index (χ2v) is 3.06. The number of benzene rings is 1. The quantitative estimate of drug-likeness (QED) is 0.769. The molecule has 0 unspecified atom stereocenters. The number of carbonyl (C=O) groups is 1. The van der Waals surface area contributed by atoms with E-state index < -0.39 is 28.3 Å². The molecule has 0 N–H and O–H groups in total. The van der Waals surface area contributed by atoms with Crippen LogP contribution in [0, 0.1) is 0 Å². The van der Waals surface area contributed by atoms with Crippen LogP contribution in [-0.4, -0.2) is 5.97 Å². The van der Waals surface area contributed by atoms with E-state index in [-0.39, 0.29) is 0 Å². The minimum absolute atomic E-state index is 0.429. The summed E-state index contributed by atoms with van der Waals surface area (Å²) < 4.78 is 40.7. The molecule has 0 aliphatic heterocycles. The minimum atomic E-state index is -4.63. The van der Waals surface area contributed by atoms with Gasteiger partial charge in [0, 0.05) is 0 Å². The van der Waals surface area contributed by atoms with E-state index in [0.29, 0.717) is 0 Å². The van der Waals surface area contributed by atoms with Gasteiger partial charge < -0.3 is 4.29 Å². The van der Waals surface area contributed by atoms with Gasteiger partial charge in [-0.3, -0.25) is 0 Å². The van der Waals surface area contributed by atoms with Gasteiger partial charge in [-0.15, -0.1) is 0 Å². The Morgan fingerprint density at radius 2 is 1.93 bits per heavy atom. The standard InChI is InChI=1S/C8H3Cl2F3O2/c9-6-4(7(14)15-10)2-1-3-5(6)8(11,12)13/h1-3H. The Kier molecular flexibility index (Phi) is 3.46. The van der Waals surface area contributed by atoms with Crippen molar-refractivity contribution in [2.24, 2.45) is 0 Å². The molecule has 0 bridgehead atoms. The highest BCUT2D eigenvalue weighted by Crippen LogP contribution is 2.36. The largest absolute Gasteiger partial charge is 0.417 e. The van der Waals surface area contributed by atoms with E-state index in [0.717, 1.165) is 18.2 Å². The molecule has 15 heavy (non-hydrogen) atoms. The summed E-state index contributed by atoms with van der Waals surface area (Å²) in [4.78, 5) is 10.9. The molecule has 1 aromatic carbocycles. The van der Waals surface area contributed by atoms with Crippen molar-refractivity contribution in [2.45, 2.75) is 6.18 Å². The number of hydrogen-bond acceptors (Lipinski definition) is 2. The van der Waals surface area contributed by atoms with Crippen LogP contribution in [0.2, 0.25) is 5.02 Å². The van der Waals surface area contributed by atoms with Crippen LogP contribution >= 0.6 is 23.5 Å². The van der Waals surface area contributed by atoms with Crippen LogP contribution in [0.1, 0.15) is 15.9 Å². The average Bonchev–Trinajstić information content (AvgIpc) is 2.15. The summed E-state index contributed by atoms with van der Waals surface area (Å²) >= 11 is 10.1. The Bertz CT molecular complexity index is 390. The lowest BCUT2D eigenvalue weighted by atomic mass is 10.1. The van der Waals surface area contributed by atoms with Crippen molar-refractivity contribution in [1.82, 2.24) is 0 Å². The van der Waals surface area contributed by atoms with Crippen LogP contribution in [-0.2, 0) is 10.5 Å². The maximum Gasteiger partial charge on any atom is 0.417 e. The zero-order chi connectivity index (χ0) is 11.6. The molecule has 1 aromatic rings. The van der Waals surface area contributed by atoms with Crippen molar-refractivity contribution >= 4 is 29.4 Å². The Morgan fingerprint density at radius 1 is 1.33 bits per heavy atom. The summed E-state index contributed by atoms with van der Waals surface area (Å²) in [6, 6.07) is 2.88. The summed E-state index contributed by atoms with van der Waals surface area (Å²) in [5.41, 5.74) is -1.54. The lowest BCUT2D eigenvalue weighted by molar-refractivity contribution is -0.137. The first-order chi connectivity index (χ1) is 6.88. The van der Waals surface area contributed by atoms with Gasteiger partial charge in [0.25, 0.3) is 0 Å². The Morgan fingerprint density at radius 3 is 2.40 bits per heavy atom. The predicted molar refractivity (Wildman–Crippen MR) is 47.7 cm³/mol. The van der Waals surface area contributed by atoms with Gasteiger partial charge in [0.1, 0.15) is 11.9 Å². The van der Waals surface area contributed by atoms with Gasteiger partial charge in [0.15, 0.2) is 0 Å². The van der Waals surface area contributed by atoms with Crippen LogP contribution < -0.4 is 0 Å². The molecule has 2 nitrogen and oxygen atoms in total. The van der Waals surface area contributed by atoms with Crippen LogP contribution in [0.3, 0.4) is 0 Å². The zero-order valence-corrected chi connectivity index (χ0v) is 8.45. The Hall–Kier alpha value is -0.940. The van der Waals surface area contributed by atoms with Crippen molar-refractivity contribution in [3.63, 3.8) is 0 Å². The maximum atomic E-state index is 12.3. The van der Waals surface area contributed by atoms with E-state index in [1.165, 1.54) is 0 Å². The van der Waals surface area contributed by atoms with E-state index in [1.807, 2.05) is 0 Å². The number of carbonyl (C=O) groups excluding carboxylic acids is 1. The third-order valence-electron chi connectivity index (χ3n) is 1.59. The second kappa shape index (κ2) is 4.28. The van der Waals surface area contributed by atoms with Gasteiger partial charge in [0.05, 0.1) is 16.1 Å². The number of rotatable bonds is 1. The first-order valence-corrected chi connectivity index (χ1v) is 4.25. The molecular formula is C8H3Cl2F3O2. The van der Waals surface area contributed by atoms with Crippen molar-refractivity contribution in [1.29, 1.82) is 0 Å². The van der Waals surface area contributed by atoms with Crippen LogP contribution in [0.15, 0.2) is 18.2 Å². The SMILES string of the molecule is O=C(OCl)c1cccc(C(F)(F)F)c1Cl. The lowest BCUT2D eigenvalue weighted by Gasteiger charge is -2.10.